The molecule has 0 atom stereocenters. The van der Waals surface area contributed by atoms with Gasteiger partial charge >= 0.3 is 0 Å². The van der Waals surface area contributed by atoms with Gasteiger partial charge in [0.15, 0.2) is 0 Å². The van der Waals surface area contributed by atoms with Crippen LogP contribution in [0.3, 0.4) is 0 Å². The van der Waals surface area contributed by atoms with Crippen molar-refractivity contribution in [1.82, 2.24) is 9.97 Å². The van der Waals surface area contributed by atoms with Crippen molar-refractivity contribution in [3.05, 3.63) is 47.3 Å². The molecule has 2 aromatic rings. The highest BCUT2D eigenvalue weighted by Gasteiger charge is 1.99. The molecule has 19 heavy (non-hydrogen) atoms. The molecule has 0 aliphatic carbocycles. The Kier molecular flexibility index (Phi) is 4.34. The molecule has 0 spiro atoms. The van der Waals surface area contributed by atoms with E-state index in [0.717, 1.165) is 30.1 Å². The van der Waals surface area contributed by atoms with Gasteiger partial charge in [0.25, 0.3) is 0 Å². The van der Waals surface area contributed by atoms with E-state index >= 15 is 0 Å². The molecule has 0 amide bonds. The maximum Gasteiger partial charge on any atom is 0.223 e. The number of nitrogens with one attached hydrogen (secondary N) is 1. The summed E-state index contributed by atoms with van der Waals surface area (Å²) in [6, 6.07) is 10.1. The van der Waals surface area contributed by atoms with Crippen LogP contribution in [0.25, 0.3) is 0 Å². The number of aromatic nitrogens is 2. The topological polar surface area (TPSA) is 47.0 Å². The maximum atomic E-state index is 5.13. The summed E-state index contributed by atoms with van der Waals surface area (Å²) in [5.74, 6) is 1.58. The van der Waals surface area contributed by atoms with Crippen molar-refractivity contribution in [3.63, 3.8) is 0 Å². The van der Waals surface area contributed by atoms with Crippen LogP contribution < -0.4 is 10.1 Å². The second kappa shape index (κ2) is 6.18. The van der Waals surface area contributed by atoms with Crippen LogP contribution >= 0.6 is 0 Å². The Morgan fingerprint density at radius 2 is 1.68 bits per heavy atom. The van der Waals surface area contributed by atoms with Gasteiger partial charge in [-0.05, 0) is 44.0 Å². The van der Waals surface area contributed by atoms with Gasteiger partial charge in [0.1, 0.15) is 5.75 Å². The second-order valence-electron chi connectivity index (χ2n) is 4.50. The van der Waals surface area contributed by atoms with E-state index in [2.05, 4.69) is 27.4 Å². The Balaban J connectivity index is 1.88. The van der Waals surface area contributed by atoms with Crippen LogP contribution in [0.4, 0.5) is 5.95 Å². The van der Waals surface area contributed by atoms with Gasteiger partial charge in [-0.25, -0.2) is 9.97 Å². The lowest BCUT2D eigenvalue weighted by atomic mass is 10.1. The zero-order valence-corrected chi connectivity index (χ0v) is 11.6. The third-order valence-corrected chi connectivity index (χ3v) is 2.84. The Bertz CT molecular complexity index is 517. The summed E-state index contributed by atoms with van der Waals surface area (Å²) >= 11 is 0. The highest BCUT2D eigenvalue weighted by molar-refractivity contribution is 5.30. The Labute approximate surface area is 113 Å². The minimum absolute atomic E-state index is 0.700. The third kappa shape index (κ3) is 3.95. The largest absolute Gasteiger partial charge is 0.497 e. The molecule has 1 aromatic carbocycles. The Morgan fingerprint density at radius 3 is 2.26 bits per heavy atom. The SMILES string of the molecule is COc1ccc(CCNc2nc(C)cc(C)n2)cc1. The molecule has 0 aliphatic heterocycles. The molecule has 1 heterocycles. The van der Waals surface area contributed by atoms with Crippen LogP contribution in [0.2, 0.25) is 0 Å². The summed E-state index contributed by atoms with van der Waals surface area (Å²) in [5.41, 5.74) is 3.23. The molecule has 1 N–H and O–H groups in total. The maximum absolute atomic E-state index is 5.13. The van der Waals surface area contributed by atoms with E-state index in [-0.39, 0.29) is 0 Å². The lowest BCUT2D eigenvalue weighted by molar-refractivity contribution is 0.414. The van der Waals surface area contributed by atoms with E-state index < -0.39 is 0 Å². The first-order valence-electron chi connectivity index (χ1n) is 6.36. The smallest absolute Gasteiger partial charge is 0.223 e. The average molecular weight is 257 g/mol. The highest BCUT2D eigenvalue weighted by atomic mass is 16.5. The van der Waals surface area contributed by atoms with Gasteiger partial charge < -0.3 is 10.1 Å². The molecule has 0 bridgehead atoms. The normalized spacial score (nSPS) is 10.3. The van der Waals surface area contributed by atoms with Crippen LogP contribution in [0, 0.1) is 13.8 Å². The number of methoxy groups -OCH3 is 1. The molecule has 100 valence electrons. The van der Waals surface area contributed by atoms with Gasteiger partial charge in [-0.1, -0.05) is 12.1 Å². The first-order chi connectivity index (χ1) is 9.17. The van der Waals surface area contributed by atoms with Gasteiger partial charge in [-0.15, -0.1) is 0 Å². The zero-order chi connectivity index (χ0) is 13.7. The molecule has 0 saturated heterocycles. The fraction of sp³-hybridized carbons (Fsp3) is 0.333. The number of aryl methyl sites for hydroxylation is 2. The number of hydrogen-bond acceptors (Lipinski definition) is 4. The van der Waals surface area contributed by atoms with E-state index in [4.69, 9.17) is 4.74 Å². The number of hydrogen-bond donors (Lipinski definition) is 1. The number of benzene rings is 1. The Morgan fingerprint density at radius 1 is 1.05 bits per heavy atom. The van der Waals surface area contributed by atoms with Crippen LogP contribution in [0.5, 0.6) is 5.75 Å². The molecule has 0 fully saturated rings. The average Bonchev–Trinajstić information content (AvgIpc) is 2.38. The highest BCUT2D eigenvalue weighted by Crippen LogP contribution is 2.11. The summed E-state index contributed by atoms with van der Waals surface area (Å²) in [4.78, 5) is 8.70. The van der Waals surface area contributed by atoms with Crippen molar-refractivity contribution in [2.24, 2.45) is 0 Å². The minimum Gasteiger partial charge on any atom is -0.497 e. The summed E-state index contributed by atoms with van der Waals surface area (Å²) < 4.78 is 5.13. The van der Waals surface area contributed by atoms with Crippen molar-refractivity contribution in [1.29, 1.82) is 0 Å². The van der Waals surface area contributed by atoms with E-state index in [0.29, 0.717) is 5.95 Å². The lowest BCUT2D eigenvalue weighted by Gasteiger charge is -2.07. The molecule has 0 unspecified atom stereocenters. The van der Waals surface area contributed by atoms with E-state index in [1.54, 1.807) is 7.11 Å². The monoisotopic (exact) mass is 257 g/mol. The predicted octanol–water partition coefficient (Wildman–Crippen LogP) is 2.76. The van der Waals surface area contributed by atoms with Gasteiger partial charge in [0, 0.05) is 17.9 Å². The summed E-state index contributed by atoms with van der Waals surface area (Å²) in [7, 11) is 1.67. The summed E-state index contributed by atoms with van der Waals surface area (Å²) in [5, 5.41) is 3.25. The second-order valence-corrected chi connectivity index (χ2v) is 4.50. The zero-order valence-electron chi connectivity index (χ0n) is 11.6. The Hall–Kier alpha value is -2.10. The van der Waals surface area contributed by atoms with E-state index in [1.807, 2.05) is 32.0 Å². The van der Waals surface area contributed by atoms with Crippen LogP contribution in [-0.2, 0) is 6.42 Å². The molecular formula is C15H19N3O. The molecule has 2 rings (SSSR count). The van der Waals surface area contributed by atoms with Gasteiger partial charge in [-0.3, -0.25) is 0 Å². The first-order valence-corrected chi connectivity index (χ1v) is 6.36. The lowest BCUT2D eigenvalue weighted by Crippen LogP contribution is -2.09. The number of nitrogens with zero attached hydrogens (tertiary/aromatic N) is 2. The van der Waals surface area contributed by atoms with Gasteiger partial charge in [-0.2, -0.15) is 0 Å². The fourth-order valence-electron chi connectivity index (χ4n) is 1.92. The van der Waals surface area contributed by atoms with Crippen molar-refractivity contribution >= 4 is 5.95 Å². The van der Waals surface area contributed by atoms with Crippen molar-refractivity contribution in [3.8, 4) is 5.75 Å². The first kappa shape index (κ1) is 13.3. The molecule has 4 nitrogen and oxygen atoms in total. The number of anilines is 1. The van der Waals surface area contributed by atoms with E-state index in [1.165, 1.54) is 5.56 Å². The van der Waals surface area contributed by atoms with E-state index in [9.17, 15) is 0 Å². The standard InChI is InChI=1S/C15H19N3O/c1-11-10-12(2)18-15(17-11)16-9-8-13-4-6-14(19-3)7-5-13/h4-7,10H,8-9H2,1-3H3,(H,16,17,18). The number of rotatable bonds is 5. The quantitative estimate of drug-likeness (QED) is 0.894. The molecular weight excluding hydrogens is 238 g/mol. The van der Waals surface area contributed by atoms with Crippen molar-refractivity contribution in [2.75, 3.05) is 19.0 Å². The molecule has 1 aromatic heterocycles. The molecule has 0 radical (unpaired) electrons. The van der Waals surface area contributed by atoms with Crippen LogP contribution in [0.15, 0.2) is 30.3 Å². The number of ether oxygens (including phenoxy) is 1. The minimum atomic E-state index is 0.700. The van der Waals surface area contributed by atoms with Crippen LogP contribution in [0.1, 0.15) is 17.0 Å². The third-order valence-electron chi connectivity index (χ3n) is 2.84. The summed E-state index contributed by atoms with van der Waals surface area (Å²) in [6.07, 6.45) is 0.931. The van der Waals surface area contributed by atoms with Gasteiger partial charge in [0.05, 0.1) is 7.11 Å². The fourth-order valence-corrected chi connectivity index (χ4v) is 1.92. The summed E-state index contributed by atoms with van der Waals surface area (Å²) in [6.45, 7) is 4.77. The molecule has 0 saturated carbocycles. The van der Waals surface area contributed by atoms with Crippen LogP contribution in [-0.4, -0.2) is 23.6 Å². The molecule has 4 heteroatoms. The van der Waals surface area contributed by atoms with Gasteiger partial charge in [0.2, 0.25) is 5.95 Å². The van der Waals surface area contributed by atoms with Crippen molar-refractivity contribution < 1.29 is 4.74 Å². The predicted molar refractivity (Wildman–Crippen MR) is 76.7 cm³/mol. The molecule has 0 aliphatic rings. The van der Waals surface area contributed by atoms with Crippen molar-refractivity contribution in [2.45, 2.75) is 20.3 Å².